The van der Waals surface area contributed by atoms with Crippen molar-refractivity contribution in [3.05, 3.63) is 61.4 Å². The first kappa shape index (κ1) is 13.9. The molecule has 0 N–H and O–H groups in total. The molecule has 0 radical (unpaired) electrons. The Morgan fingerprint density at radius 1 is 1.06 bits per heavy atom. The molecule has 0 saturated carbocycles. The van der Waals surface area contributed by atoms with E-state index in [0.717, 1.165) is 3.57 Å². The lowest BCUT2D eigenvalue weighted by Crippen LogP contribution is -1.99. The molecule has 2 rings (SSSR count). The first-order valence-corrected chi connectivity index (χ1v) is 6.91. The number of hydrogen-bond donors (Lipinski definition) is 0. The van der Waals surface area contributed by atoms with E-state index in [4.69, 9.17) is 27.9 Å². The minimum Gasteiger partial charge on any atom is -0.488 e. The molecule has 2 aromatic carbocycles. The van der Waals surface area contributed by atoms with Crippen LogP contribution in [0.5, 0.6) is 5.75 Å². The molecule has 0 aliphatic carbocycles. The van der Waals surface area contributed by atoms with Crippen molar-refractivity contribution < 1.29 is 9.13 Å². The van der Waals surface area contributed by atoms with Crippen LogP contribution in [-0.2, 0) is 6.61 Å². The van der Waals surface area contributed by atoms with Crippen LogP contribution in [0.25, 0.3) is 0 Å². The Balaban J connectivity index is 2.11. The van der Waals surface area contributed by atoms with Crippen LogP contribution >= 0.6 is 45.8 Å². The molecule has 0 amide bonds. The molecule has 1 nitrogen and oxygen atoms in total. The van der Waals surface area contributed by atoms with E-state index in [1.54, 1.807) is 30.3 Å². The molecule has 0 aliphatic rings. The number of ether oxygens (including phenoxy) is 1. The van der Waals surface area contributed by atoms with Gasteiger partial charge in [0, 0.05) is 15.6 Å². The Bertz CT molecular complexity index is 523. The summed E-state index contributed by atoms with van der Waals surface area (Å²) < 4.78 is 20.0. The lowest BCUT2D eigenvalue weighted by Gasteiger charge is -2.09. The molecule has 0 fully saturated rings. The van der Waals surface area contributed by atoms with Crippen molar-refractivity contribution in [2.75, 3.05) is 0 Å². The van der Waals surface area contributed by atoms with Gasteiger partial charge in [-0.05, 0) is 52.9 Å². The zero-order chi connectivity index (χ0) is 13.1. The van der Waals surface area contributed by atoms with E-state index in [2.05, 4.69) is 22.6 Å². The van der Waals surface area contributed by atoms with E-state index >= 15 is 0 Å². The summed E-state index contributed by atoms with van der Waals surface area (Å²) in [5.41, 5.74) is 0.463. The first-order chi connectivity index (χ1) is 8.56. The third kappa shape index (κ3) is 3.49. The van der Waals surface area contributed by atoms with Gasteiger partial charge in [-0.1, -0.05) is 29.3 Å². The monoisotopic (exact) mass is 396 g/mol. The predicted octanol–water partition coefficient (Wildman–Crippen LogP) is 5.32. The fourth-order valence-corrected chi connectivity index (χ4v) is 2.57. The summed E-state index contributed by atoms with van der Waals surface area (Å²) in [5.74, 6) is 0.306. The van der Waals surface area contributed by atoms with Gasteiger partial charge >= 0.3 is 0 Å². The third-order valence-corrected chi connectivity index (χ3v) is 3.61. The van der Waals surface area contributed by atoms with Gasteiger partial charge in [0.25, 0.3) is 0 Å². The molecular weight excluding hydrogens is 389 g/mol. The predicted molar refractivity (Wildman–Crippen MR) is 79.9 cm³/mol. The SMILES string of the molecule is Fc1cc(Cl)ccc1COc1ccc(Cl)cc1I. The lowest BCUT2D eigenvalue weighted by molar-refractivity contribution is 0.298. The maximum absolute atomic E-state index is 13.5. The second-order valence-corrected chi connectivity index (χ2v) is 5.63. The van der Waals surface area contributed by atoms with Crippen LogP contribution in [0.2, 0.25) is 10.0 Å². The zero-order valence-corrected chi connectivity index (χ0v) is 12.8. The molecule has 0 aromatic heterocycles. The van der Waals surface area contributed by atoms with E-state index in [0.29, 0.717) is 21.4 Å². The van der Waals surface area contributed by atoms with Gasteiger partial charge in [0.05, 0.1) is 3.57 Å². The molecule has 0 heterocycles. The van der Waals surface area contributed by atoms with Crippen molar-refractivity contribution in [2.24, 2.45) is 0 Å². The van der Waals surface area contributed by atoms with Gasteiger partial charge in [0.15, 0.2) is 0 Å². The van der Waals surface area contributed by atoms with E-state index in [1.807, 2.05) is 0 Å². The van der Waals surface area contributed by atoms with Crippen molar-refractivity contribution in [1.82, 2.24) is 0 Å². The van der Waals surface area contributed by atoms with Crippen LogP contribution in [0.1, 0.15) is 5.56 Å². The highest BCUT2D eigenvalue weighted by molar-refractivity contribution is 14.1. The summed E-state index contributed by atoms with van der Waals surface area (Å²) in [4.78, 5) is 0. The van der Waals surface area contributed by atoms with Crippen LogP contribution in [0.4, 0.5) is 4.39 Å². The van der Waals surface area contributed by atoms with Gasteiger partial charge in [0.2, 0.25) is 0 Å². The third-order valence-electron chi connectivity index (χ3n) is 2.29. The normalized spacial score (nSPS) is 10.4. The van der Waals surface area contributed by atoms with Gasteiger partial charge < -0.3 is 4.74 Å². The Hall–Kier alpha value is -0.520. The van der Waals surface area contributed by atoms with Crippen molar-refractivity contribution in [3.8, 4) is 5.75 Å². The molecule has 94 valence electrons. The Kier molecular flexibility index (Phi) is 4.70. The van der Waals surface area contributed by atoms with Crippen LogP contribution in [0.15, 0.2) is 36.4 Å². The molecule has 0 unspecified atom stereocenters. The van der Waals surface area contributed by atoms with E-state index in [-0.39, 0.29) is 12.4 Å². The molecule has 5 heteroatoms. The van der Waals surface area contributed by atoms with Gasteiger partial charge in [-0.25, -0.2) is 4.39 Å². The van der Waals surface area contributed by atoms with Crippen molar-refractivity contribution in [1.29, 1.82) is 0 Å². The molecule has 0 bridgehead atoms. The van der Waals surface area contributed by atoms with Crippen molar-refractivity contribution in [3.63, 3.8) is 0 Å². The minimum absolute atomic E-state index is 0.153. The Morgan fingerprint density at radius 3 is 2.39 bits per heavy atom. The maximum Gasteiger partial charge on any atom is 0.133 e. The number of rotatable bonds is 3. The number of hydrogen-bond acceptors (Lipinski definition) is 1. The molecule has 0 spiro atoms. The van der Waals surface area contributed by atoms with Crippen LogP contribution in [0.3, 0.4) is 0 Å². The van der Waals surface area contributed by atoms with E-state index < -0.39 is 0 Å². The summed E-state index contributed by atoms with van der Waals surface area (Å²) >= 11 is 13.6. The van der Waals surface area contributed by atoms with Gasteiger partial charge in [0.1, 0.15) is 18.2 Å². The first-order valence-electron chi connectivity index (χ1n) is 5.08. The van der Waals surface area contributed by atoms with E-state index in [1.165, 1.54) is 6.07 Å². The molecular formula is C13H8Cl2FIO. The molecule has 0 atom stereocenters. The largest absolute Gasteiger partial charge is 0.488 e. The Labute approximate surface area is 128 Å². The summed E-state index contributed by atoms with van der Waals surface area (Å²) in [6.07, 6.45) is 0. The quantitative estimate of drug-likeness (QED) is 0.638. The highest BCUT2D eigenvalue weighted by Crippen LogP contribution is 2.25. The topological polar surface area (TPSA) is 9.23 Å². The van der Waals surface area contributed by atoms with Crippen molar-refractivity contribution >= 4 is 45.8 Å². The van der Waals surface area contributed by atoms with Gasteiger partial charge in [-0.2, -0.15) is 0 Å². The van der Waals surface area contributed by atoms with E-state index in [9.17, 15) is 4.39 Å². The standard InChI is InChI=1S/C13H8Cl2FIO/c14-9-2-1-8(11(16)5-9)7-18-13-4-3-10(15)6-12(13)17/h1-6H,7H2. The fraction of sp³-hybridized carbons (Fsp3) is 0.0769. The lowest BCUT2D eigenvalue weighted by atomic mass is 10.2. The maximum atomic E-state index is 13.5. The molecule has 2 aromatic rings. The molecule has 0 aliphatic heterocycles. The number of benzene rings is 2. The zero-order valence-electron chi connectivity index (χ0n) is 9.09. The second-order valence-electron chi connectivity index (χ2n) is 3.60. The summed E-state index contributed by atoms with van der Waals surface area (Å²) in [6.45, 7) is 0.153. The Morgan fingerprint density at radius 2 is 1.72 bits per heavy atom. The number of halogens is 4. The van der Waals surface area contributed by atoms with Crippen LogP contribution in [-0.4, -0.2) is 0 Å². The average Bonchev–Trinajstić information content (AvgIpc) is 2.30. The average molecular weight is 397 g/mol. The smallest absolute Gasteiger partial charge is 0.133 e. The van der Waals surface area contributed by atoms with Crippen molar-refractivity contribution in [2.45, 2.75) is 6.61 Å². The molecule has 0 saturated heterocycles. The summed E-state index contributed by atoms with van der Waals surface area (Å²) in [6, 6.07) is 9.80. The fourth-order valence-electron chi connectivity index (χ4n) is 1.39. The minimum atomic E-state index is -0.369. The summed E-state index contributed by atoms with van der Waals surface area (Å²) in [5, 5.41) is 1.02. The second kappa shape index (κ2) is 6.08. The summed E-state index contributed by atoms with van der Waals surface area (Å²) in [7, 11) is 0. The van der Waals surface area contributed by atoms with Crippen LogP contribution in [0, 0.1) is 9.39 Å². The van der Waals surface area contributed by atoms with Gasteiger partial charge in [-0.3, -0.25) is 0 Å². The van der Waals surface area contributed by atoms with Gasteiger partial charge in [-0.15, -0.1) is 0 Å². The highest BCUT2D eigenvalue weighted by atomic mass is 127. The van der Waals surface area contributed by atoms with Crippen LogP contribution < -0.4 is 4.74 Å². The highest BCUT2D eigenvalue weighted by Gasteiger charge is 2.06. The molecule has 18 heavy (non-hydrogen) atoms.